The molecule has 0 atom stereocenters. The maximum atomic E-state index is 12.7. The topological polar surface area (TPSA) is 26.8 Å². The molecule has 2 aromatic rings. The third kappa shape index (κ3) is 6.66. The molecule has 2 rings (SSSR count). The number of likely N-dealkylation sites (N-methyl/N-ethyl adjacent to an activating group) is 2. The molecule has 0 saturated heterocycles. The Morgan fingerprint density at radius 3 is 2.33 bits per heavy atom. The van der Waals surface area contributed by atoms with Crippen LogP contribution in [0.3, 0.4) is 0 Å². The molecule has 27 heavy (non-hydrogen) atoms. The van der Waals surface area contributed by atoms with E-state index in [1.807, 2.05) is 56.6 Å². The second kappa shape index (κ2) is 10.0. The average molecular weight is 366 g/mol. The van der Waals surface area contributed by atoms with E-state index in [1.54, 1.807) is 6.08 Å². The molecule has 0 fully saturated rings. The van der Waals surface area contributed by atoms with Crippen molar-refractivity contribution in [3.8, 4) is 0 Å². The molecule has 2 aromatic carbocycles. The van der Waals surface area contributed by atoms with Gasteiger partial charge < -0.3 is 14.7 Å². The molecular weight excluding hydrogens is 334 g/mol. The Labute approximate surface area is 163 Å². The Balaban J connectivity index is 2.12. The molecule has 0 radical (unpaired) electrons. The Hall–Kier alpha value is -2.43. The van der Waals surface area contributed by atoms with Crippen LogP contribution in [0.5, 0.6) is 0 Å². The molecular formula is C23H31N3O. The Morgan fingerprint density at radius 1 is 0.889 bits per heavy atom. The zero-order chi connectivity index (χ0) is 19.8. The highest BCUT2D eigenvalue weighted by molar-refractivity contribution is 6.07. The van der Waals surface area contributed by atoms with E-state index in [2.05, 4.69) is 48.0 Å². The maximum Gasteiger partial charge on any atom is 0.186 e. The molecule has 4 nitrogen and oxygen atoms in total. The van der Waals surface area contributed by atoms with Gasteiger partial charge in [-0.15, -0.1) is 0 Å². The lowest BCUT2D eigenvalue weighted by Crippen LogP contribution is -2.28. The van der Waals surface area contributed by atoms with Gasteiger partial charge in [-0.3, -0.25) is 4.79 Å². The molecule has 0 saturated carbocycles. The maximum absolute atomic E-state index is 12.7. The van der Waals surface area contributed by atoms with Crippen molar-refractivity contribution in [3.63, 3.8) is 0 Å². The predicted octanol–water partition coefficient (Wildman–Crippen LogP) is 3.64. The van der Waals surface area contributed by atoms with E-state index in [4.69, 9.17) is 0 Å². The van der Waals surface area contributed by atoms with Gasteiger partial charge >= 0.3 is 0 Å². The molecule has 4 heteroatoms. The van der Waals surface area contributed by atoms with Gasteiger partial charge in [-0.1, -0.05) is 42.5 Å². The number of hydrogen-bond donors (Lipinski definition) is 0. The lowest BCUT2D eigenvalue weighted by molar-refractivity contribution is 0.104. The largest absolute Gasteiger partial charge is 0.373 e. The number of carbonyl (C=O) groups is 1. The number of ketones is 1. The molecule has 0 heterocycles. The first-order valence-corrected chi connectivity index (χ1v) is 9.28. The quantitative estimate of drug-likeness (QED) is 0.501. The monoisotopic (exact) mass is 365 g/mol. The fourth-order valence-electron chi connectivity index (χ4n) is 2.85. The second-order valence-corrected chi connectivity index (χ2v) is 7.41. The summed E-state index contributed by atoms with van der Waals surface area (Å²) < 4.78 is 0. The summed E-state index contributed by atoms with van der Waals surface area (Å²) in [5, 5.41) is 0. The minimum Gasteiger partial charge on any atom is -0.373 e. The van der Waals surface area contributed by atoms with Crippen molar-refractivity contribution >= 4 is 17.5 Å². The fourth-order valence-corrected chi connectivity index (χ4v) is 2.85. The first-order chi connectivity index (χ1) is 12.9. The predicted molar refractivity (Wildman–Crippen MR) is 115 cm³/mol. The summed E-state index contributed by atoms with van der Waals surface area (Å²) in [6.45, 7) is 2.70. The van der Waals surface area contributed by atoms with Gasteiger partial charge in [0.2, 0.25) is 0 Å². The van der Waals surface area contributed by atoms with Crippen molar-refractivity contribution in [1.82, 2.24) is 9.80 Å². The minimum absolute atomic E-state index is 0.0406. The van der Waals surface area contributed by atoms with E-state index in [1.165, 1.54) is 0 Å². The minimum atomic E-state index is 0.0406. The molecule has 144 valence electrons. The van der Waals surface area contributed by atoms with E-state index >= 15 is 0 Å². The number of allylic oxidation sites excluding steroid dienone is 1. The van der Waals surface area contributed by atoms with Crippen LogP contribution in [-0.4, -0.2) is 63.9 Å². The fraction of sp³-hybridized carbons (Fsp3) is 0.348. The number of rotatable bonds is 9. The van der Waals surface area contributed by atoms with Gasteiger partial charge in [0.25, 0.3) is 0 Å². The van der Waals surface area contributed by atoms with Crippen molar-refractivity contribution in [2.45, 2.75) is 6.54 Å². The molecule has 0 amide bonds. The van der Waals surface area contributed by atoms with Gasteiger partial charge in [0.05, 0.1) is 0 Å². The van der Waals surface area contributed by atoms with E-state index in [9.17, 15) is 4.79 Å². The van der Waals surface area contributed by atoms with Crippen LogP contribution in [0.1, 0.15) is 21.5 Å². The van der Waals surface area contributed by atoms with Crippen molar-refractivity contribution in [3.05, 3.63) is 71.3 Å². The van der Waals surface area contributed by atoms with Gasteiger partial charge in [-0.05, 0) is 57.5 Å². The zero-order valence-corrected chi connectivity index (χ0v) is 17.1. The molecule has 0 aromatic heterocycles. The van der Waals surface area contributed by atoms with E-state index in [0.717, 1.165) is 42.0 Å². The van der Waals surface area contributed by atoms with Gasteiger partial charge in [0, 0.05) is 37.9 Å². The highest BCUT2D eigenvalue weighted by Gasteiger charge is 2.09. The summed E-state index contributed by atoms with van der Waals surface area (Å²) >= 11 is 0. The van der Waals surface area contributed by atoms with Crippen LogP contribution >= 0.6 is 0 Å². The van der Waals surface area contributed by atoms with Crippen molar-refractivity contribution < 1.29 is 4.79 Å². The van der Waals surface area contributed by atoms with Crippen LogP contribution in [-0.2, 0) is 6.54 Å². The molecule has 0 aliphatic carbocycles. The Kier molecular flexibility index (Phi) is 7.77. The van der Waals surface area contributed by atoms with Gasteiger partial charge in [0.1, 0.15) is 0 Å². The summed E-state index contributed by atoms with van der Waals surface area (Å²) in [6, 6.07) is 16.1. The van der Waals surface area contributed by atoms with Crippen LogP contribution in [0.15, 0.2) is 54.6 Å². The number of hydrogen-bond acceptors (Lipinski definition) is 4. The van der Waals surface area contributed by atoms with Crippen LogP contribution in [0.25, 0.3) is 6.08 Å². The third-order valence-corrected chi connectivity index (χ3v) is 4.39. The van der Waals surface area contributed by atoms with Crippen LogP contribution < -0.4 is 4.90 Å². The summed E-state index contributed by atoms with van der Waals surface area (Å²) in [5.74, 6) is 0.0406. The summed E-state index contributed by atoms with van der Waals surface area (Å²) in [7, 11) is 10.3. The van der Waals surface area contributed by atoms with Gasteiger partial charge in [-0.25, -0.2) is 0 Å². The molecule has 0 spiro atoms. The van der Waals surface area contributed by atoms with E-state index in [-0.39, 0.29) is 5.78 Å². The molecule has 0 bridgehead atoms. The number of benzene rings is 2. The summed E-state index contributed by atoms with van der Waals surface area (Å²) in [6.07, 6.45) is 3.57. The molecule has 0 N–H and O–H groups in total. The number of anilines is 1. The van der Waals surface area contributed by atoms with Gasteiger partial charge in [0.15, 0.2) is 5.78 Å². The Morgan fingerprint density at radius 2 is 1.63 bits per heavy atom. The van der Waals surface area contributed by atoms with Crippen LogP contribution in [0.2, 0.25) is 0 Å². The highest BCUT2D eigenvalue weighted by atomic mass is 16.1. The Bertz CT molecular complexity index is 781. The van der Waals surface area contributed by atoms with Crippen molar-refractivity contribution in [2.75, 3.05) is 53.2 Å². The summed E-state index contributed by atoms with van der Waals surface area (Å²) in [4.78, 5) is 19.2. The third-order valence-electron chi connectivity index (χ3n) is 4.39. The summed E-state index contributed by atoms with van der Waals surface area (Å²) in [5.41, 5.74) is 4.00. The van der Waals surface area contributed by atoms with Crippen LogP contribution in [0.4, 0.5) is 5.69 Å². The first kappa shape index (κ1) is 20.9. The number of carbonyl (C=O) groups excluding carboxylic acids is 1. The SMILES string of the molecule is CN(C)CCN(C)c1cccc(C=CC(=O)c2ccccc2CN(C)C)c1. The highest BCUT2D eigenvalue weighted by Crippen LogP contribution is 2.17. The van der Waals surface area contributed by atoms with E-state index in [0.29, 0.717) is 0 Å². The zero-order valence-electron chi connectivity index (χ0n) is 17.1. The lowest BCUT2D eigenvalue weighted by atomic mass is 10.0. The van der Waals surface area contributed by atoms with E-state index < -0.39 is 0 Å². The lowest BCUT2D eigenvalue weighted by Gasteiger charge is -2.21. The average Bonchev–Trinajstić information content (AvgIpc) is 2.64. The molecule has 0 aliphatic heterocycles. The normalized spacial score (nSPS) is 11.5. The van der Waals surface area contributed by atoms with Gasteiger partial charge in [-0.2, -0.15) is 0 Å². The van der Waals surface area contributed by atoms with Crippen LogP contribution in [0, 0.1) is 0 Å². The second-order valence-electron chi connectivity index (χ2n) is 7.41. The standard InChI is InChI=1S/C23H31N3O/c1-24(2)15-16-26(5)21-11-8-9-19(17-21)13-14-23(27)22-12-7-6-10-20(22)18-25(3)4/h6-14,17H,15-16,18H2,1-5H3. The molecule has 0 aliphatic rings. The van der Waals surface area contributed by atoms with Crippen molar-refractivity contribution in [1.29, 1.82) is 0 Å². The first-order valence-electron chi connectivity index (χ1n) is 9.28. The van der Waals surface area contributed by atoms with Crippen molar-refractivity contribution in [2.24, 2.45) is 0 Å². The molecule has 0 unspecified atom stereocenters. The number of nitrogens with zero attached hydrogens (tertiary/aromatic N) is 3. The smallest absolute Gasteiger partial charge is 0.186 e.